The number of benzene rings is 1. The summed E-state index contributed by atoms with van der Waals surface area (Å²) < 4.78 is 49.7. The lowest BCUT2D eigenvalue weighted by molar-refractivity contribution is -0.198. The standard InChI is InChI=1S/C25H26ClF3N6O3/c1-13-8-9-35(34-13)20-11-16(26)6-7-17(20)22(25(27,28)29)38-21-12-19(32-24(31)33-21)15-4-2-14(3-5-15)10-18(30)23(36)37/h4,6-9,11-12,14,18,22H,2-3,5,10,30H2,1H3,(H,36,37)(H2,31,32,33)/t14-,18?,22+/m0/s1. The van der Waals surface area contributed by atoms with Gasteiger partial charge in [-0.25, -0.2) is 9.67 Å². The zero-order valence-corrected chi connectivity index (χ0v) is 21.1. The second kappa shape index (κ2) is 11.0. The van der Waals surface area contributed by atoms with Gasteiger partial charge in [-0.05, 0) is 62.3 Å². The van der Waals surface area contributed by atoms with Gasteiger partial charge in [-0.2, -0.15) is 23.3 Å². The summed E-state index contributed by atoms with van der Waals surface area (Å²) in [6.07, 6.45) is -1.76. The Labute approximate surface area is 221 Å². The topological polar surface area (TPSA) is 142 Å². The molecule has 3 aromatic rings. The van der Waals surface area contributed by atoms with Crippen molar-refractivity contribution >= 4 is 29.1 Å². The monoisotopic (exact) mass is 550 g/mol. The van der Waals surface area contributed by atoms with Gasteiger partial charge in [-0.15, -0.1) is 0 Å². The molecule has 202 valence electrons. The Morgan fingerprint density at radius 2 is 2.05 bits per heavy atom. The number of anilines is 1. The number of hydrogen-bond acceptors (Lipinski definition) is 7. The highest BCUT2D eigenvalue weighted by molar-refractivity contribution is 6.30. The van der Waals surface area contributed by atoms with Crippen molar-refractivity contribution in [3.05, 3.63) is 64.6 Å². The van der Waals surface area contributed by atoms with Gasteiger partial charge < -0.3 is 21.3 Å². The molecule has 0 fully saturated rings. The fourth-order valence-electron chi connectivity index (χ4n) is 4.38. The quantitative estimate of drug-likeness (QED) is 0.360. The van der Waals surface area contributed by atoms with Crippen LogP contribution in [0.25, 0.3) is 11.3 Å². The van der Waals surface area contributed by atoms with E-state index < -0.39 is 24.3 Å². The number of nitrogens with zero attached hydrogens (tertiary/aromatic N) is 4. The minimum Gasteiger partial charge on any atom is -0.480 e. The van der Waals surface area contributed by atoms with Crippen LogP contribution in [0.15, 0.2) is 42.6 Å². The molecule has 0 spiro atoms. The van der Waals surface area contributed by atoms with Crippen LogP contribution in [-0.4, -0.2) is 43.0 Å². The largest absolute Gasteiger partial charge is 0.480 e. The molecule has 1 unspecified atom stereocenters. The number of carbonyl (C=O) groups is 1. The lowest BCUT2D eigenvalue weighted by atomic mass is 9.84. The Balaban J connectivity index is 1.63. The van der Waals surface area contributed by atoms with Gasteiger partial charge in [0.05, 0.1) is 17.1 Å². The molecule has 1 aromatic carbocycles. The minimum atomic E-state index is -4.81. The number of aryl methyl sites for hydroxylation is 1. The van der Waals surface area contributed by atoms with Crippen LogP contribution in [0.1, 0.15) is 48.7 Å². The van der Waals surface area contributed by atoms with E-state index in [1.165, 1.54) is 35.1 Å². The predicted molar refractivity (Wildman–Crippen MR) is 135 cm³/mol. The van der Waals surface area contributed by atoms with E-state index in [1.54, 1.807) is 13.0 Å². The van der Waals surface area contributed by atoms with Crippen LogP contribution in [0.2, 0.25) is 5.02 Å². The van der Waals surface area contributed by atoms with E-state index >= 15 is 0 Å². The highest BCUT2D eigenvalue weighted by atomic mass is 35.5. The summed E-state index contributed by atoms with van der Waals surface area (Å²) in [7, 11) is 0. The highest BCUT2D eigenvalue weighted by Crippen LogP contribution is 2.40. The first kappa shape index (κ1) is 27.4. The Kier molecular flexibility index (Phi) is 7.93. The maximum atomic E-state index is 14.3. The number of hydrogen-bond donors (Lipinski definition) is 3. The number of aromatic nitrogens is 4. The maximum Gasteiger partial charge on any atom is 0.429 e. The molecule has 1 aliphatic carbocycles. The molecular weight excluding hydrogens is 525 g/mol. The maximum absolute atomic E-state index is 14.3. The second-order valence-corrected chi connectivity index (χ2v) is 9.58. The summed E-state index contributed by atoms with van der Waals surface area (Å²) in [6, 6.07) is 5.99. The van der Waals surface area contributed by atoms with Gasteiger partial charge in [0.15, 0.2) is 0 Å². The fraction of sp³-hybridized carbons (Fsp3) is 0.360. The molecule has 0 amide bonds. The first-order valence-corrected chi connectivity index (χ1v) is 12.2. The third kappa shape index (κ3) is 6.43. The minimum absolute atomic E-state index is 0.0728. The first-order valence-electron chi connectivity index (χ1n) is 11.8. The van der Waals surface area contributed by atoms with Gasteiger partial charge in [0.1, 0.15) is 6.04 Å². The van der Waals surface area contributed by atoms with E-state index in [9.17, 15) is 18.0 Å². The van der Waals surface area contributed by atoms with Gasteiger partial charge in [-0.1, -0.05) is 23.7 Å². The molecule has 2 aromatic heterocycles. The number of allylic oxidation sites excluding steroid dienone is 2. The molecule has 13 heteroatoms. The molecule has 0 saturated carbocycles. The molecule has 1 aliphatic rings. The van der Waals surface area contributed by atoms with Crippen molar-refractivity contribution in [1.82, 2.24) is 19.7 Å². The molecule has 3 atom stereocenters. The second-order valence-electron chi connectivity index (χ2n) is 9.14. The number of aliphatic carboxylic acids is 1. The van der Waals surface area contributed by atoms with Gasteiger partial charge in [-0.3, -0.25) is 4.79 Å². The molecule has 0 bridgehead atoms. The number of carboxylic acids is 1. The summed E-state index contributed by atoms with van der Waals surface area (Å²) >= 11 is 6.09. The van der Waals surface area contributed by atoms with Gasteiger partial charge >= 0.3 is 12.1 Å². The van der Waals surface area contributed by atoms with Crippen LogP contribution in [0, 0.1) is 12.8 Å². The van der Waals surface area contributed by atoms with Gasteiger partial charge in [0, 0.05) is 22.8 Å². The molecule has 5 N–H and O–H groups in total. The van der Waals surface area contributed by atoms with Crippen LogP contribution in [-0.2, 0) is 4.79 Å². The van der Waals surface area contributed by atoms with Crippen LogP contribution < -0.4 is 16.2 Å². The van der Waals surface area contributed by atoms with Crippen LogP contribution in [0.4, 0.5) is 19.1 Å². The zero-order valence-electron chi connectivity index (χ0n) is 20.3. The van der Waals surface area contributed by atoms with E-state index in [-0.39, 0.29) is 34.0 Å². The summed E-state index contributed by atoms with van der Waals surface area (Å²) in [4.78, 5) is 19.1. The zero-order chi connectivity index (χ0) is 27.6. The molecule has 2 heterocycles. The number of carboxylic acid groups (broad SMARTS) is 1. The lowest BCUT2D eigenvalue weighted by Crippen LogP contribution is -2.32. The summed E-state index contributed by atoms with van der Waals surface area (Å²) in [5.41, 5.74) is 13.1. The van der Waals surface area contributed by atoms with Crippen molar-refractivity contribution in [2.75, 3.05) is 5.73 Å². The van der Waals surface area contributed by atoms with E-state index in [0.717, 1.165) is 5.57 Å². The Bertz CT molecular complexity index is 1360. The van der Waals surface area contributed by atoms with Crippen molar-refractivity contribution in [3.8, 4) is 11.6 Å². The number of nitrogen functional groups attached to an aromatic ring is 1. The SMILES string of the molecule is Cc1ccn(-c2cc(Cl)ccc2[C@@H](Oc2cc(C3=CC[C@H](CC(N)C(=O)O)CC3)nc(N)n2)C(F)(F)F)n1. The Morgan fingerprint density at radius 1 is 1.29 bits per heavy atom. The summed E-state index contributed by atoms with van der Waals surface area (Å²) in [5, 5.41) is 13.5. The van der Waals surface area contributed by atoms with Crippen LogP contribution >= 0.6 is 11.6 Å². The van der Waals surface area contributed by atoms with Crippen molar-refractivity contribution in [2.24, 2.45) is 11.7 Å². The Hall–Kier alpha value is -3.64. The predicted octanol–water partition coefficient (Wildman–Crippen LogP) is 4.87. The third-order valence-corrected chi connectivity index (χ3v) is 6.49. The molecule has 4 rings (SSSR count). The molecule has 0 radical (unpaired) electrons. The van der Waals surface area contributed by atoms with Crippen molar-refractivity contribution in [1.29, 1.82) is 0 Å². The molecule has 38 heavy (non-hydrogen) atoms. The number of halogens is 4. The van der Waals surface area contributed by atoms with Crippen LogP contribution in [0.3, 0.4) is 0 Å². The average Bonchev–Trinajstić information content (AvgIpc) is 3.28. The average molecular weight is 551 g/mol. The van der Waals surface area contributed by atoms with E-state index in [2.05, 4.69) is 15.1 Å². The highest BCUT2D eigenvalue weighted by Gasteiger charge is 2.45. The number of ether oxygens (including phenoxy) is 1. The normalized spacial score (nSPS) is 17.5. The molecule has 0 saturated heterocycles. The third-order valence-electron chi connectivity index (χ3n) is 6.25. The van der Waals surface area contributed by atoms with Gasteiger partial charge in [0.2, 0.25) is 17.9 Å². The molecular formula is C25H26ClF3N6O3. The van der Waals surface area contributed by atoms with Crippen molar-refractivity contribution in [3.63, 3.8) is 0 Å². The Morgan fingerprint density at radius 3 is 2.66 bits per heavy atom. The lowest BCUT2D eigenvalue weighted by Gasteiger charge is -2.25. The first-order chi connectivity index (χ1) is 17.9. The molecule has 9 nitrogen and oxygen atoms in total. The smallest absolute Gasteiger partial charge is 0.429 e. The van der Waals surface area contributed by atoms with E-state index in [1.807, 2.05) is 6.08 Å². The summed E-state index contributed by atoms with van der Waals surface area (Å²) in [5.74, 6) is -1.57. The van der Waals surface area contributed by atoms with Crippen molar-refractivity contribution in [2.45, 2.75) is 50.9 Å². The van der Waals surface area contributed by atoms with E-state index in [0.29, 0.717) is 37.1 Å². The van der Waals surface area contributed by atoms with Gasteiger partial charge in [0.25, 0.3) is 0 Å². The summed E-state index contributed by atoms with van der Waals surface area (Å²) in [6.45, 7) is 1.71. The number of rotatable bonds is 8. The van der Waals surface area contributed by atoms with Crippen molar-refractivity contribution < 1.29 is 27.8 Å². The van der Waals surface area contributed by atoms with E-state index in [4.69, 9.17) is 32.9 Å². The fourth-order valence-corrected chi connectivity index (χ4v) is 4.54. The number of alkyl halides is 3. The van der Waals surface area contributed by atoms with Crippen LogP contribution in [0.5, 0.6) is 5.88 Å². The molecule has 0 aliphatic heterocycles. The number of nitrogens with two attached hydrogens (primary N) is 2.